The second-order valence-corrected chi connectivity index (χ2v) is 9.37. The summed E-state index contributed by atoms with van der Waals surface area (Å²) in [5.41, 5.74) is 2.90. The number of imidazole rings is 2. The third-order valence-electron chi connectivity index (χ3n) is 6.54. The van der Waals surface area contributed by atoms with Crippen LogP contribution in [0.1, 0.15) is 49.3 Å². The topological polar surface area (TPSA) is 149 Å². The fraction of sp³-hybridized carbons (Fsp3) is 0.481. The normalized spacial score (nSPS) is 13.6. The Morgan fingerprint density at radius 3 is 2.75 bits per heavy atom. The lowest BCUT2D eigenvalue weighted by Crippen LogP contribution is -2.37. The molecule has 0 bridgehead atoms. The Balaban J connectivity index is 1.39. The predicted molar refractivity (Wildman–Crippen MR) is 148 cm³/mol. The van der Waals surface area contributed by atoms with E-state index in [1.807, 2.05) is 10.6 Å². The molecule has 1 aliphatic heterocycles. The van der Waals surface area contributed by atoms with E-state index in [0.717, 1.165) is 18.4 Å². The quantitative estimate of drug-likeness (QED) is 0.198. The van der Waals surface area contributed by atoms with Crippen LogP contribution >= 0.6 is 0 Å². The number of aryl methyl sites for hydroxylation is 1. The molecule has 0 amide bonds. The summed E-state index contributed by atoms with van der Waals surface area (Å²) in [6.45, 7) is 7.76. The van der Waals surface area contributed by atoms with Crippen LogP contribution in [0.25, 0.3) is 22.2 Å². The minimum atomic E-state index is -0.411. The van der Waals surface area contributed by atoms with Gasteiger partial charge in [0.05, 0.1) is 56.8 Å². The molecule has 3 aromatic heterocycles. The van der Waals surface area contributed by atoms with Crippen LogP contribution in [0.4, 0.5) is 11.8 Å². The van der Waals surface area contributed by atoms with Crippen molar-refractivity contribution in [3.8, 4) is 0 Å². The highest BCUT2D eigenvalue weighted by Gasteiger charge is 2.20. The van der Waals surface area contributed by atoms with E-state index in [1.54, 1.807) is 25.4 Å². The molecule has 4 heterocycles. The number of carbonyl (C=O) groups is 2. The second-order valence-electron chi connectivity index (χ2n) is 9.37. The van der Waals surface area contributed by atoms with E-state index < -0.39 is 5.97 Å². The Labute approximate surface area is 231 Å². The van der Waals surface area contributed by atoms with E-state index in [2.05, 4.69) is 32.1 Å². The van der Waals surface area contributed by atoms with Crippen molar-refractivity contribution in [3.05, 3.63) is 35.9 Å². The Kier molecular flexibility index (Phi) is 8.69. The molecule has 0 atom stereocenters. The summed E-state index contributed by atoms with van der Waals surface area (Å²) >= 11 is 0. The average Bonchev–Trinajstić information content (AvgIpc) is 3.59. The third kappa shape index (κ3) is 6.14. The lowest BCUT2D eigenvalue weighted by molar-refractivity contribution is -0.144. The van der Waals surface area contributed by atoms with E-state index in [9.17, 15) is 9.59 Å². The predicted octanol–water partition coefficient (Wildman–Crippen LogP) is 3.06. The number of morpholine rings is 1. The van der Waals surface area contributed by atoms with Crippen LogP contribution in [-0.2, 0) is 32.1 Å². The van der Waals surface area contributed by atoms with Gasteiger partial charge in [0.15, 0.2) is 17.0 Å². The summed E-state index contributed by atoms with van der Waals surface area (Å²) in [7, 11) is 0. The molecule has 0 radical (unpaired) electrons. The van der Waals surface area contributed by atoms with Gasteiger partial charge in [-0.05, 0) is 25.5 Å². The first-order valence-electron chi connectivity index (χ1n) is 13.7. The molecule has 4 aromatic rings. The molecule has 13 nitrogen and oxygen atoms in total. The van der Waals surface area contributed by atoms with Crippen LogP contribution in [0, 0.1) is 0 Å². The summed E-state index contributed by atoms with van der Waals surface area (Å²) in [5.74, 6) is 1.07. The zero-order chi connectivity index (χ0) is 27.9. The highest BCUT2D eigenvalue weighted by Crippen LogP contribution is 2.25. The first-order valence-corrected chi connectivity index (χ1v) is 13.7. The number of carbonyl (C=O) groups excluding carboxylic acids is 2. The van der Waals surface area contributed by atoms with Crippen LogP contribution in [0.5, 0.6) is 0 Å². The molecule has 0 aliphatic carbocycles. The van der Waals surface area contributed by atoms with Gasteiger partial charge in [-0.1, -0.05) is 19.4 Å². The molecule has 1 aliphatic rings. The molecule has 0 spiro atoms. The van der Waals surface area contributed by atoms with E-state index in [-0.39, 0.29) is 19.0 Å². The van der Waals surface area contributed by atoms with Gasteiger partial charge in [-0.3, -0.25) is 4.79 Å². The van der Waals surface area contributed by atoms with Gasteiger partial charge in [0.1, 0.15) is 11.3 Å². The molecule has 212 valence electrons. The number of fused-ring (bicyclic) bond motifs is 2. The molecule has 2 N–H and O–H groups in total. The monoisotopic (exact) mass is 550 g/mol. The van der Waals surface area contributed by atoms with Gasteiger partial charge in [0.2, 0.25) is 5.95 Å². The van der Waals surface area contributed by atoms with Gasteiger partial charge >= 0.3 is 11.9 Å². The molecule has 0 saturated carbocycles. The number of ether oxygens (including phenoxy) is 3. The number of hydrogen-bond donors (Lipinski definition) is 2. The highest BCUT2D eigenvalue weighted by molar-refractivity contribution is 6.02. The average molecular weight is 551 g/mol. The summed E-state index contributed by atoms with van der Waals surface area (Å²) in [5, 5.41) is 3.34. The Morgan fingerprint density at radius 1 is 1.10 bits per heavy atom. The summed E-state index contributed by atoms with van der Waals surface area (Å²) in [4.78, 5) is 48.7. The van der Waals surface area contributed by atoms with Crippen molar-refractivity contribution >= 4 is 45.9 Å². The van der Waals surface area contributed by atoms with E-state index in [0.29, 0.717) is 85.8 Å². The number of H-pyrrole nitrogens is 1. The number of aromatic nitrogens is 6. The molecule has 13 heteroatoms. The van der Waals surface area contributed by atoms with E-state index >= 15 is 0 Å². The molecular weight excluding hydrogens is 516 g/mol. The largest absolute Gasteiger partial charge is 0.466 e. The van der Waals surface area contributed by atoms with Crippen molar-refractivity contribution in [1.29, 1.82) is 0 Å². The summed E-state index contributed by atoms with van der Waals surface area (Å²) in [6.07, 6.45) is 3.70. The number of nitrogens with one attached hydrogen (secondary N) is 2. The van der Waals surface area contributed by atoms with Crippen molar-refractivity contribution in [2.45, 2.75) is 46.2 Å². The van der Waals surface area contributed by atoms with Crippen LogP contribution in [-0.4, -0.2) is 80.9 Å². The number of unbranched alkanes of at least 4 members (excludes halogenated alkanes) is 1. The highest BCUT2D eigenvalue weighted by atomic mass is 16.5. The molecule has 1 fully saturated rings. The first kappa shape index (κ1) is 27.3. The Hall–Kier alpha value is -4.26. The maximum Gasteiger partial charge on any atom is 0.340 e. The van der Waals surface area contributed by atoms with Gasteiger partial charge in [0.25, 0.3) is 0 Å². The second kappa shape index (κ2) is 12.7. The summed E-state index contributed by atoms with van der Waals surface area (Å²) < 4.78 is 17.8. The zero-order valence-corrected chi connectivity index (χ0v) is 22.8. The van der Waals surface area contributed by atoms with Gasteiger partial charge in [-0.15, -0.1) is 0 Å². The van der Waals surface area contributed by atoms with Crippen molar-refractivity contribution in [3.63, 3.8) is 0 Å². The number of para-hydroxylation sites is 1. The number of hydrogen-bond acceptors (Lipinski definition) is 11. The molecule has 5 rings (SSSR count). The minimum Gasteiger partial charge on any atom is -0.466 e. The molecule has 1 aromatic carbocycles. The number of anilines is 2. The Morgan fingerprint density at radius 2 is 1.95 bits per heavy atom. The maximum atomic E-state index is 12.4. The van der Waals surface area contributed by atoms with Gasteiger partial charge in [-0.25, -0.2) is 14.8 Å². The van der Waals surface area contributed by atoms with Crippen molar-refractivity contribution in [1.82, 2.24) is 29.5 Å². The number of nitrogens with zero attached hydrogens (tertiary/aromatic N) is 6. The van der Waals surface area contributed by atoms with Crippen LogP contribution in [0.3, 0.4) is 0 Å². The first-order chi connectivity index (χ1) is 19.6. The van der Waals surface area contributed by atoms with Crippen molar-refractivity contribution in [2.75, 3.05) is 49.7 Å². The molecule has 1 saturated heterocycles. The number of aromatic amines is 1. The lowest BCUT2D eigenvalue weighted by atomic mass is 10.2. The van der Waals surface area contributed by atoms with Crippen LogP contribution < -0.4 is 10.2 Å². The number of esters is 2. The lowest BCUT2D eigenvalue weighted by Gasteiger charge is -2.27. The Bertz CT molecular complexity index is 1480. The smallest absolute Gasteiger partial charge is 0.340 e. The molecular formula is C27H34N8O5. The van der Waals surface area contributed by atoms with Crippen molar-refractivity contribution < 1.29 is 23.8 Å². The maximum absolute atomic E-state index is 12.4. The zero-order valence-electron chi connectivity index (χ0n) is 22.8. The fourth-order valence-electron chi connectivity index (χ4n) is 4.45. The molecule has 0 unspecified atom stereocenters. The number of benzene rings is 1. The standard InChI is InChI=1S/C27H34N8O5/c1-3-5-13-40-21(36)9-10-35-17-29-23-24(32-27(33-25(23)35)34-11-14-38-15-12-34)28-16-20-30-19-8-6-7-18(22(19)31-20)26(37)39-4-2/h6-8,17H,3-5,9-16H2,1-2H3,(H,30,31)(H,28,32,33). The minimum absolute atomic E-state index is 0.219. The van der Waals surface area contributed by atoms with Crippen molar-refractivity contribution in [2.24, 2.45) is 0 Å². The van der Waals surface area contributed by atoms with Crippen LogP contribution in [0.15, 0.2) is 24.5 Å². The van der Waals surface area contributed by atoms with Gasteiger partial charge < -0.3 is 34.0 Å². The third-order valence-corrected chi connectivity index (χ3v) is 6.54. The summed E-state index contributed by atoms with van der Waals surface area (Å²) in [6, 6.07) is 5.36. The molecule has 40 heavy (non-hydrogen) atoms. The van der Waals surface area contributed by atoms with Crippen LogP contribution in [0.2, 0.25) is 0 Å². The SMILES string of the molecule is CCCCOC(=O)CCn1cnc2c(NCc3nc4c(C(=O)OCC)cccc4[nH]3)nc(N3CCOCC3)nc21. The van der Waals surface area contributed by atoms with E-state index in [4.69, 9.17) is 24.2 Å². The number of rotatable bonds is 12. The van der Waals surface area contributed by atoms with Gasteiger partial charge in [-0.2, -0.15) is 9.97 Å². The van der Waals surface area contributed by atoms with Gasteiger partial charge in [0, 0.05) is 19.6 Å². The van der Waals surface area contributed by atoms with E-state index in [1.165, 1.54) is 0 Å². The fourth-order valence-corrected chi connectivity index (χ4v) is 4.45.